The highest BCUT2D eigenvalue weighted by atomic mass is 16.5. The van der Waals surface area contributed by atoms with Crippen molar-refractivity contribution in [3.63, 3.8) is 0 Å². The molecule has 0 bridgehead atoms. The number of anilines is 1. The number of rotatable bonds is 4. The van der Waals surface area contributed by atoms with Crippen LogP contribution in [0, 0.1) is 0 Å². The summed E-state index contributed by atoms with van der Waals surface area (Å²) < 4.78 is 5.66. The number of para-hydroxylation sites is 1. The Morgan fingerprint density at radius 2 is 2.05 bits per heavy atom. The molecule has 1 aromatic carbocycles. The second-order valence-corrected chi connectivity index (χ2v) is 4.08. The number of imidazole rings is 1. The largest absolute Gasteiger partial charge is 0.476 e. The number of nitrogens with two attached hydrogens (primary N) is 1. The van der Waals surface area contributed by atoms with Crippen LogP contribution in [0.3, 0.4) is 0 Å². The minimum atomic E-state index is 0.499. The molecule has 0 aliphatic heterocycles. The molecule has 2 heterocycles. The Morgan fingerprint density at radius 1 is 1.16 bits per heavy atom. The number of nitrogens with one attached hydrogen (secondary N) is 1. The van der Waals surface area contributed by atoms with Gasteiger partial charge in [-0.25, -0.2) is 9.97 Å². The zero-order chi connectivity index (χ0) is 13.1. The van der Waals surface area contributed by atoms with E-state index in [0.29, 0.717) is 23.7 Å². The van der Waals surface area contributed by atoms with E-state index < -0.39 is 0 Å². The average Bonchev–Trinajstić information content (AvgIpc) is 2.90. The Bertz CT molecular complexity index is 694. The Balaban J connectivity index is 1.70. The molecule has 0 spiro atoms. The van der Waals surface area contributed by atoms with Crippen molar-refractivity contribution in [2.24, 2.45) is 0 Å². The Hall–Kier alpha value is -2.63. The van der Waals surface area contributed by atoms with E-state index in [0.717, 1.165) is 17.7 Å². The van der Waals surface area contributed by atoms with Gasteiger partial charge in [-0.15, -0.1) is 0 Å². The molecule has 0 radical (unpaired) electrons. The summed E-state index contributed by atoms with van der Waals surface area (Å²) in [5.41, 5.74) is 9.03. The van der Waals surface area contributed by atoms with E-state index in [1.54, 1.807) is 6.33 Å². The summed E-state index contributed by atoms with van der Waals surface area (Å²) in [6, 6.07) is 7.75. The molecule has 3 N–H and O–H groups in total. The summed E-state index contributed by atoms with van der Waals surface area (Å²) in [7, 11) is 0. The smallest absolute Gasteiger partial charge is 0.243 e. The molecule has 6 nitrogen and oxygen atoms in total. The second-order valence-electron chi connectivity index (χ2n) is 4.08. The lowest BCUT2D eigenvalue weighted by atomic mass is 10.1. The molecule has 0 aliphatic carbocycles. The van der Waals surface area contributed by atoms with Crippen molar-refractivity contribution >= 4 is 16.9 Å². The van der Waals surface area contributed by atoms with Gasteiger partial charge in [0.2, 0.25) is 5.88 Å². The third-order valence-corrected chi connectivity index (χ3v) is 2.85. The highest BCUT2D eigenvalue weighted by Gasteiger charge is 2.07. The lowest BCUT2D eigenvalue weighted by Crippen LogP contribution is -2.05. The number of fused-ring (bicyclic) bond motifs is 1. The van der Waals surface area contributed by atoms with Crippen molar-refractivity contribution in [1.82, 2.24) is 19.9 Å². The van der Waals surface area contributed by atoms with Crippen LogP contribution >= 0.6 is 0 Å². The van der Waals surface area contributed by atoms with Gasteiger partial charge in [0.05, 0.1) is 12.9 Å². The molecule has 0 amide bonds. The van der Waals surface area contributed by atoms with Crippen molar-refractivity contribution in [2.75, 3.05) is 12.3 Å². The van der Waals surface area contributed by atoms with Gasteiger partial charge >= 0.3 is 0 Å². The van der Waals surface area contributed by atoms with Gasteiger partial charge in [-0.1, -0.05) is 18.2 Å². The molecule has 0 saturated heterocycles. The molecule has 0 saturated carbocycles. The Kier molecular flexibility index (Phi) is 2.97. The SMILES string of the molecule is Nc1ccccc1CCOc1ncnc2nc[nH]c12. The third kappa shape index (κ3) is 2.33. The normalized spacial score (nSPS) is 10.7. The fourth-order valence-corrected chi connectivity index (χ4v) is 1.87. The van der Waals surface area contributed by atoms with Crippen molar-refractivity contribution < 1.29 is 4.74 Å². The summed E-state index contributed by atoms with van der Waals surface area (Å²) in [4.78, 5) is 15.1. The second kappa shape index (κ2) is 4.93. The van der Waals surface area contributed by atoms with Crippen molar-refractivity contribution in [2.45, 2.75) is 6.42 Å². The van der Waals surface area contributed by atoms with E-state index in [9.17, 15) is 0 Å². The van der Waals surface area contributed by atoms with Crippen LogP contribution in [0.4, 0.5) is 5.69 Å². The number of aromatic amines is 1. The first-order valence-electron chi connectivity index (χ1n) is 5.95. The van der Waals surface area contributed by atoms with Crippen molar-refractivity contribution in [1.29, 1.82) is 0 Å². The van der Waals surface area contributed by atoms with E-state index in [-0.39, 0.29) is 0 Å². The van der Waals surface area contributed by atoms with Gasteiger partial charge < -0.3 is 15.5 Å². The topological polar surface area (TPSA) is 89.7 Å². The molecular formula is C13H13N5O. The first-order valence-corrected chi connectivity index (χ1v) is 5.95. The fourth-order valence-electron chi connectivity index (χ4n) is 1.87. The van der Waals surface area contributed by atoms with E-state index in [2.05, 4.69) is 19.9 Å². The number of aromatic nitrogens is 4. The van der Waals surface area contributed by atoms with Gasteiger partial charge in [-0.05, 0) is 11.6 Å². The predicted molar refractivity (Wildman–Crippen MR) is 71.7 cm³/mol. The van der Waals surface area contributed by atoms with Crippen LogP contribution in [0.1, 0.15) is 5.56 Å². The average molecular weight is 255 g/mol. The van der Waals surface area contributed by atoms with Crippen molar-refractivity contribution in [3.05, 3.63) is 42.5 Å². The van der Waals surface area contributed by atoms with Gasteiger partial charge in [0.15, 0.2) is 5.65 Å². The maximum atomic E-state index is 5.88. The molecular weight excluding hydrogens is 242 g/mol. The highest BCUT2D eigenvalue weighted by Crippen LogP contribution is 2.17. The van der Waals surface area contributed by atoms with Crippen LogP contribution < -0.4 is 10.5 Å². The van der Waals surface area contributed by atoms with Crippen LogP contribution in [0.2, 0.25) is 0 Å². The minimum absolute atomic E-state index is 0.499. The minimum Gasteiger partial charge on any atom is -0.476 e. The first-order chi connectivity index (χ1) is 9.34. The van der Waals surface area contributed by atoms with Crippen LogP contribution in [0.15, 0.2) is 36.9 Å². The van der Waals surface area contributed by atoms with E-state index in [4.69, 9.17) is 10.5 Å². The maximum Gasteiger partial charge on any atom is 0.243 e. The number of benzene rings is 1. The lowest BCUT2D eigenvalue weighted by molar-refractivity contribution is 0.313. The summed E-state index contributed by atoms with van der Waals surface area (Å²) in [6.45, 7) is 0.499. The summed E-state index contributed by atoms with van der Waals surface area (Å²) in [6.07, 6.45) is 3.74. The maximum absolute atomic E-state index is 5.88. The fraction of sp³-hybridized carbons (Fsp3) is 0.154. The van der Waals surface area contributed by atoms with E-state index >= 15 is 0 Å². The van der Waals surface area contributed by atoms with Gasteiger partial charge in [-0.3, -0.25) is 0 Å². The summed E-state index contributed by atoms with van der Waals surface area (Å²) in [5, 5.41) is 0. The molecule has 6 heteroatoms. The number of nitrogen functional groups attached to an aromatic ring is 1. The number of hydrogen-bond donors (Lipinski definition) is 2. The lowest BCUT2D eigenvalue weighted by Gasteiger charge is -2.07. The Labute approximate surface area is 109 Å². The highest BCUT2D eigenvalue weighted by molar-refractivity contribution is 5.74. The number of ether oxygens (including phenoxy) is 1. The number of H-pyrrole nitrogens is 1. The molecule has 96 valence electrons. The van der Waals surface area contributed by atoms with Gasteiger partial charge in [0, 0.05) is 12.1 Å². The Morgan fingerprint density at radius 3 is 2.95 bits per heavy atom. The van der Waals surface area contributed by atoms with Crippen LogP contribution in [0.25, 0.3) is 11.2 Å². The molecule has 0 fully saturated rings. The molecule has 3 aromatic rings. The molecule has 2 aromatic heterocycles. The summed E-state index contributed by atoms with van der Waals surface area (Å²) in [5.74, 6) is 0.511. The summed E-state index contributed by atoms with van der Waals surface area (Å²) >= 11 is 0. The zero-order valence-electron chi connectivity index (χ0n) is 10.2. The molecule has 0 atom stereocenters. The molecule has 0 aliphatic rings. The molecule has 19 heavy (non-hydrogen) atoms. The van der Waals surface area contributed by atoms with E-state index in [1.807, 2.05) is 24.3 Å². The number of nitrogens with zero attached hydrogens (tertiary/aromatic N) is 3. The van der Waals surface area contributed by atoms with Gasteiger partial charge in [-0.2, -0.15) is 4.98 Å². The molecule has 3 rings (SSSR count). The zero-order valence-corrected chi connectivity index (χ0v) is 10.2. The van der Waals surface area contributed by atoms with Gasteiger partial charge in [0.1, 0.15) is 11.8 Å². The third-order valence-electron chi connectivity index (χ3n) is 2.85. The predicted octanol–water partition coefficient (Wildman–Crippen LogP) is 1.56. The van der Waals surface area contributed by atoms with Crippen LogP contribution in [0.5, 0.6) is 5.88 Å². The first kappa shape index (κ1) is 11.5. The van der Waals surface area contributed by atoms with E-state index in [1.165, 1.54) is 6.33 Å². The number of hydrogen-bond acceptors (Lipinski definition) is 5. The standard InChI is InChI=1S/C13H13N5O/c14-10-4-2-1-3-9(10)5-6-19-13-11-12(16-7-15-11)17-8-18-13/h1-4,7-8H,5-6,14H2,(H,15,16,17,18). The molecule has 0 unspecified atom stereocenters. The van der Waals surface area contributed by atoms with Crippen LogP contribution in [-0.2, 0) is 6.42 Å². The van der Waals surface area contributed by atoms with Crippen molar-refractivity contribution in [3.8, 4) is 5.88 Å². The van der Waals surface area contributed by atoms with Gasteiger partial charge in [0.25, 0.3) is 0 Å². The monoisotopic (exact) mass is 255 g/mol. The van der Waals surface area contributed by atoms with Crippen LogP contribution in [-0.4, -0.2) is 26.5 Å². The quantitative estimate of drug-likeness (QED) is 0.690.